The van der Waals surface area contributed by atoms with Gasteiger partial charge in [-0.25, -0.2) is 0 Å². The summed E-state index contributed by atoms with van der Waals surface area (Å²) in [6.07, 6.45) is 6.12. The topological polar surface area (TPSA) is 52.0 Å². The average molecular weight is 201 g/mol. The highest BCUT2D eigenvalue weighted by Gasteiger charge is 2.15. The second-order valence-corrected chi connectivity index (χ2v) is 2.97. The SMILES string of the molecule is Cl.Cl.N[C@@H]1CCCCC[C@@H]1N. The maximum Gasteiger partial charge on any atom is 0.0192 e. The second kappa shape index (κ2) is 7.17. The molecule has 1 aliphatic rings. The Bertz CT molecular complexity index is 80.5. The van der Waals surface area contributed by atoms with Gasteiger partial charge in [0.1, 0.15) is 0 Å². The lowest BCUT2D eigenvalue weighted by molar-refractivity contribution is 0.500. The first-order valence-electron chi connectivity index (χ1n) is 3.82. The van der Waals surface area contributed by atoms with Crippen molar-refractivity contribution < 1.29 is 0 Å². The Labute approximate surface area is 80.9 Å². The Morgan fingerprint density at radius 3 is 1.45 bits per heavy atom. The van der Waals surface area contributed by atoms with Crippen LogP contribution in [-0.4, -0.2) is 12.1 Å². The third-order valence-corrected chi connectivity index (χ3v) is 2.12. The smallest absolute Gasteiger partial charge is 0.0192 e. The van der Waals surface area contributed by atoms with Crippen LogP contribution in [0.2, 0.25) is 0 Å². The first-order chi connectivity index (χ1) is 4.30. The molecule has 0 aromatic rings. The van der Waals surface area contributed by atoms with Gasteiger partial charge in [0.15, 0.2) is 0 Å². The van der Waals surface area contributed by atoms with E-state index in [1.54, 1.807) is 0 Å². The third kappa shape index (κ3) is 4.86. The highest BCUT2D eigenvalue weighted by Crippen LogP contribution is 2.14. The summed E-state index contributed by atoms with van der Waals surface area (Å²) in [4.78, 5) is 0. The minimum Gasteiger partial charge on any atom is -0.326 e. The van der Waals surface area contributed by atoms with Crippen LogP contribution in [0.4, 0.5) is 0 Å². The quantitative estimate of drug-likeness (QED) is 0.583. The minimum atomic E-state index is 0. The first-order valence-corrected chi connectivity index (χ1v) is 3.82. The molecule has 1 rings (SSSR count). The van der Waals surface area contributed by atoms with E-state index in [4.69, 9.17) is 11.5 Å². The fraction of sp³-hybridized carbons (Fsp3) is 1.00. The van der Waals surface area contributed by atoms with E-state index in [0.29, 0.717) is 0 Å². The molecule has 0 spiro atoms. The molecule has 2 atom stereocenters. The Balaban J connectivity index is 0. The molecule has 1 fully saturated rings. The normalized spacial score (nSPS) is 31.1. The van der Waals surface area contributed by atoms with E-state index in [0.717, 1.165) is 12.8 Å². The lowest BCUT2D eigenvalue weighted by Gasteiger charge is -2.14. The molecule has 0 bridgehead atoms. The van der Waals surface area contributed by atoms with Crippen molar-refractivity contribution in [2.75, 3.05) is 0 Å². The molecule has 70 valence electrons. The minimum absolute atomic E-state index is 0. The molecule has 0 aromatic carbocycles. The van der Waals surface area contributed by atoms with Gasteiger partial charge in [-0.15, -0.1) is 24.8 Å². The summed E-state index contributed by atoms with van der Waals surface area (Å²) < 4.78 is 0. The second-order valence-electron chi connectivity index (χ2n) is 2.97. The van der Waals surface area contributed by atoms with Crippen molar-refractivity contribution >= 4 is 24.8 Å². The van der Waals surface area contributed by atoms with Gasteiger partial charge in [0.05, 0.1) is 0 Å². The fourth-order valence-electron chi connectivity index (χ4n) is 1.37. The van der Waals surface area contributed by atoms with Crippen LogP contribution in [0.5, 0.6) is 0 Å². The van der Waals surface area contributed by atoms with Gasteiger partial charge in [0, 0.05) is 12.1 Å². The molecule has 0 radical (unpaired) electrons. The van der Waals surface area contributed by atoms with Crippen LogP contribution >= 0.6 is 24.8 Å². The Morgan fingerprint density at radius 1 is 0.727 bits per heavy atom. The summed E-state index contributed by atoms with van der Waals surface area (Å²) in [5.74, 6) is 0. The zero-order valence-electron chi connectivity index (χ0n) is 6.66. The molecule has 1 saturated carbocycles. The van der Waals surface area contributed by atoms with Gasteiger partial charge in [-0.2, -0.15) is 0 Å². The molecule has 0 aliphatic heterocycles. The maximum atomic E-state index is 5.75. The average Bonchev–Trinajstić information content (AvgIpc) is 1.99. The highest BCUT2D eigenvalue weighted by molar-refractivity contribution is 5.85. The van der Waals surface area contributed by atoms with E-state index in [2.05, 4.69) is 0 Å². The standard InChI is InChI=1S/C7H16N2.2ClH/c8-6-4-2-1-3-5-7(6)9;;/h6-7H,1-5,8-9H2;2*1H/t6-,7+;;. The van der Waals surface area contributed by atoms with E-state index < -0.39 is 0 Å². The third-order valence-electron chi connectivity index (χ3n) is 2.12. The molecule has 11 heavy (non-hydrogen) atoms. The van der Waals surface area contributed by atoms with E-state index in [1.807, 2.05) is 0 Å². The molecule has 0 heterocycles. The zero-order chi connectivity index (χ0) is 6.69. The molecule has 4 N–H and O–H groups in total. The Kier molecular flexibility index (Phi) is 9.15. The molecule has 4 heteroatoms. The first kappa shape index (κ1) is 14.0. The summed E-state index contributed by atoms with van der Waals surface area (Å²) >= 11 is 0. The van der Waals surface area contributed by atoms with E-state index in [9.17, 15) is 0 Å². The van der Waals surface area contributed by atoms with Crippen molar-refractivity contribution in [1.82, 2.24) is 0 Å². The number of nitrogens with two attached hydrogens (primary N) is 2. The summed E-state index contributed by atoms with van der Waals surface area (Å²) in [5, 5.41) is 0. The van der Waals surface area contributed by atoms with Crippen LogP contribution in [0.15, 0.2) is 0 Å². The van der Waals surface area contributed by atoms with Crippen LogP contribution in [0.3, 0.4) is 0 Å². The van der Waals surface area contributed by atoms with Crippen molar-refractivity contribution in [2.24, 2.45) is 11.5 Å². The molecular formula is C7H18Cl2N2. The fourth-order valence-corrected chi connectivity index (χ4v) is 1.37. The molecule has 0 aromatic heterocycles. The van der Waals surface area contributed by atoms with Gasteiger partial charge < -0.3 is 11.5 Å². The van der Waals surface area contributed by atoms with Crippen LogP contribution in [-0.2, 0) is 0 Å². The molecular weight excluding hydrogens is 183 g/mol. The van der Waals surface area contributed by atoms with Crippen LogP contribution in [0.25, 0.3) is 0 Å². The van der Waals surface area contributed by atoms with Gasteiger partial charge in [0.2, 0.25) is 0 Å². The van der Waals surface area contributed by atoms with Gasteiger partial charge >= 0.3 is 0 Å². The van der Waals surface area contributed by atoms with E-state index in [1.165, 1.54) is 19.3 Å². The highest BCUT2D eigenvalue weighted by atomic mass is 35.5. The predicted octanol–water partition coefficient (Wildman–Crippen LogP) is 1.45. The van der Waals surface area contributed by atoms with E-state index in [-0.39, 0.29) is 36.9 Å². The molecule has 0 saturated heterocycles. The Morgan fingerprint density at radius 2 is 1.09 bits per heavy atom. The maximum absolute atomic E-state index is 5.75. The molecule has 1 aliphatic carbocycles. The molecule has 2 nitrogen and oxygen atoms in total. The number of hydrogen-bond acceptors (Lipinski definition) is 2. The van der Waals surface area contributed by atoms with Gasteiger partial charge in [0.25, 0.3) is 0 Å². The van der Waals surface area contributed by atoms with Crippen molar-refractivity contribution in [3.63, 3.8) is 0 Å². The van der Waals surface area contributed by atoms with Crippen LogP contribution < -0.4 is 11.5 Å². The monoisotopic (exact) mass is 200 g/mol. The van der Waals surface area contributed by atoms with Gasteiger partial charge in [-0.05, 0) is 12.8 Å². The zero-order valence-corrected chi connectivity index (χ0v) is 8.29. The number of rotatable bonds is 0. The van der Waals surface area contributed by atoms with Gasteiger partial charge in [-0.3, -0.25) is 0 Å². The predicted molar refractivity (Wildman–Crippen MR) is 53.5 cm³/mol. The van der Waals surface area contributed by atoms with Crippen LogP contribution in [0, 0.1) is 0 Å². The van der Waals surface area contributed by atoms with Crippen molar-refractivity contribution in [1.29, 1.82) is 0 Å². The van der Waals surface area contributed by atoms with Crippen LogP contribution in [0.1, 0.15) is 32.1 Å². The largest absolute Gasteiger partial charge is 0.326 e. The number of halogens is 2. The lowest BCUT2D eigenvalue weighted by Crippen LogP contribution is -2.40. The summed E-state index contributed by atoms with van der Waals surface area (Å²) in [7, 11) is 0. The summed E-state index contributed by atoms with van der Waals surface area (Å²) in [5.41, 5.74) is 11.5. The molecule has 0 amide bonds. The number of hydrogen-bond donors (Lipinski definition) is 2. The Hall–Kier alpha value is 0.500. The summed E-state index contributed by atoms with van der Waals surface area (Å²) in [6.45, 7) is 0. The molecule has 0 unspecified atom stereocenters. The van der Waals surface area contributed by atoms with Gasteiger partial charge in [-0.1, -0.05) is 19.3 Å². The van der Waals surface area contributed by atoms with Crippen molar-refractivity contribution in [2.45, 2.75) is 44.2 Å². The van der Waals surface area contributed by atoms with Crippen molar-refractivity contribution in [3.8, 4) is 0 Å². The summed E-state index contributed by atoms with van der Waals surface area (Å²) in [6, 6.07) is 0.542. The van der Waals surface area contributed by atoms with Crippen molar-refractivity contribution in [3.05, 3.63) is 0 Å². The lowest BCUT2D eigenvalue weighted by atomic mass is 10.1. The van der Waals surface area contributed by atoms with E-state index >= 15 is 0 Å².